The number of nitrogens with zero attached hydrogens (tertiary/aromatic N) is 4. The second kappa shape index (κ2) is 4.62. The van der Waals surface area contributed by atoms with Crippen molar-refractivity contribution in [2.75, 3.05) is 12.3 Å². The van der Waals surface area contributed by atoms with Crippen molar-refractivity contribution in [2.45, 2.75) is 31.9 Å². The lowest BCUT2D eigenvalue weighted by Crippen LogP contribution is -2.30. The van der Waals surface area contributed by atoms with E-state index in [1.807, 2.05) is 24.3 Å². The van der Waals surface area contributed by atoms with Crippen molar-refractivity contribution in [1.82, 2.24) is 20.2 Å². The number of hydrogen-bond acceptors (Lipinski definition) is 5. The monoisotopic (exact) mass is 259 g/mol. The summed E-state index contributed by atoms with van der Waals surface area (Å²) in [5.41, 5.74) is 7.33. The van der Waals surface area contributed by atoms with Crippen molar-refractivity contribution in [2.24, 2.45) is 0 Å². The SMILES string of the molecule is CC1(Cn2nnnc2-c2ccccc2N)CCCO1. The number of hydrogen-bond donors (Lipinski definition) is 1. The molecular formula is C13H17N5O. The van der Waals surface area contributed by atoms with Crippen LogP contribution in [0.5, 0.6) is 0 Å². The highest BCUT2D eigenvalue weighted by Crippen LogP contribution is 2.29. The smallest absolute Gasteiger partial charge is 0.184 e. The van der Waals surface area contributed by atoms with Crippen LogP contribution in [0.25, 0.3) is 11.4 Å². The number of ether oxygens (including phenoxy) is 1. The molecule has 3 rings (SSSR count). The van der Waals surface area contributed by atoms with E-state index < -0.39 is 0 Å². The van der Waals surface area contributed by atoms with E-state index in [1.165, 1.54) is 0 Å². The third-order valence-electron chi connectivity index (χ3n) is 3.52. The zero-order valence-corrected chi connectivity index (χ0v) is 10.9. The Morgan fingerprint density at radius 1 is 1.42 bits per heavy atom. The molecule has 0 amide bonds. The second-order valence-electron chi connectivity index (χ2n) is 5.15. The standard InChI is InChI=1S/C13H17N5O/c1-13(7-4-8-19-13)9-18-12(15-16-17-18)10-5-2-3-6-11(10)14/h2-3,5-6H,4,7-9,14H2,1H3. The summed E-state index contributed by atoms with van der Waals surface area (Å²) in [4.78, 5) is 0. The minimum Gasteiger partial charge on any atom is -0.398 e. The Balaban J connectivity index is 1.93. The lowest BCUT2D eigenvalue weighted by atomic mass is 10.0. The number of tetrazole rings is 1. The van der Waals surface area contributed by atoms with Gasteiger partial charge in [0.25, 0.3) is 0 Å². The molecular weight excluding hydrogens is 242 g/mol. The van der Waals surface area contributed by atoms with Gasteiger partial charge >= 0.3 is 0 Å². The molecule has 2 N–H and O–H groups in total. The summed E-state index contributed by atoms with van der Waals surface area (Å²) in [6.45, 7) is 3.55. The highest BCUT2D eigenvalue weighted by atomic mass is 16.5. The summed E-state index contributed by atoms with van der Waals surface area (Å²) in [6, 6.07) is 7.60. The number of nitrogen functional groups attached to an aromatic ring is 1. The first kappa shape index (κ1) is 12.1. The molecule has 0 aliphatic carbocycles. The lowest BCUT2D eigenvalue weighted by Gasteiger charge is -2.23. The third kappa shape index (κ3) is 2.31. The second-order valence-corrected chi connectivity index (χ2v) is 5.15. The van der Waals surface area contributed by atoms with Gasteiger partial charge in [0, 0.05) is 17.9 Å². The van der Waals surface area contributed by atoms with E-state index in [9.17, 15) is 0 Å². The summed E-state index contributed by atoms with van der Waals surface area (Å²) in [5, 5.41) is 11.9. The molecule has 1 saturated heterocycles. The van der Waals surface area contributed by atoms with Crippen molar-refractivity contribution in [3.8, 4) is 11.4 Å². The number of para-hydroxylation sites is 1. The summed E-state index contributed by atoms with van der Waals surface area (Å²) in [6.07, 6.45) is 2.11. The molecule has 0 radical (unpaired) electrons. The van der Waals surface area contributed by atoms with Gasteiger partial charge in [0.15, 0.2) is 5.82 Å². The summed E-state index contributed by atoms with van der Waals surface area (Å²) >= 11 is 0. The Morgan fingerprint density at radius 3 is 3.00 bits per heavy atom. The lowest BCUT2D eigenvalue weighted by molar-refractivity contribution is 0.00356. The first-order valence-corrected chi connectivity index (χ1v) is 6.43. The van der Waals surface area contributed by atoms with Crippen molar-refractivity contribution >= 4 is 5.69 Å². The molecule has 100 valence electrons. The van der Waals surface area contributed by atoms with Crippen LogP contribution in [0.15, 0.2) is 24.3 Å². The average Bonchev–Trinajstić information content (AvgIpc) is 3.00. The van der Waals surface area contributed by atoms with Crippen molar-refractivity contribution < 1.29 is 4.74 Å². The predicted octanol–water partition coefficient (Wildman–Crippen LogP) is 1.49. The largest absolute Gasteiger partial charge is 0.398 e. The molecule has 0 spiro atoms. The van der Waals surface area contributed by atoms with Crippen molar-refractivity contribution in [1.29, 1.82) is 0 Å². The van der Waals surface area contributed by atoms with Gasteiger partial charge in [-0.05, 0) is 42.3 Å². The Morgan fingerprint density at radius 2 is 2.26 bits per heavy atom. The molecule has 2 heterocycles. The van der Waals surface area contributed by atoms with E-state index in [-0.39, 0.29) is 5.60 Å². The topological polar surface area (TPSA) is 78.9 Å². The highest BCUT2D eigenvalue weighted by Gasteiger charge is 2.31. The minimum absolute atomic E-state index is 0.187. The number of aromatic nitrogens is 4. The first-order chi connectivity index (χ1) is 9.18. The van der Waals surface area contributed by atoms with E-state index in [2.05, 4.69) is 22.4 Å². The van der Waals surface area contributed by atoms with E-state index in [1.54, 1.807) is 4.68 Å². The number of nitrogens with two attached hydrogens (primary N) is 1. The average molecular weight is 259 g/mol. The van der Waals surface area contributed by atoms with Crippen molar-refractivity contribution in [3.05, 3.63) is 24.3 Å². The molecule has 0 saturated carbocycles. The zero-order chi connectivity index (χ0) is 13.3. The summed E-state index contributed by atoms with van der Waals surface area (Å²) < 4.78 is 7.56. The molecule has 6 nitrogen and oxygen atoms in total. The van der Waals surface area contributed by atoms with Gasteiger partial charge in [0.2, 0.25) is 0 Å². The van der Waals surface area contributed by atoms with E-state index >= 15 is 0 Å². The maximum Gasteiger partial charge on any atom is 0.184 e. The Hall–Kier alpha value is -1.95. The fourth-order valence-electron chi connectivity index (χ4n) is 2.48. The molecule has 0 bridgehead atoms. The number of benzene rings is 1. The normalized spacial score (nSPS) is 22.8. The van der Waals surface area contributed by atoms with Crippen LogP contribution in [0.3, 0.4) is 0 Å². The molecule has 1 aromatic heterocycles. The fraction of sp³-hybridized carbons (Fsp3) is 0.462. The van der Waals surface area contributed by atoms with Crippen LogP contribution >= 0.6 is 0 Å². The summed E-state index contributed by atoms with van der Waals surface area (Å²) in [5.74, 6) is 0.690. The van der Waals surface area contributed by atoms with Gasteiger partial charge in [-0.25, -0.2) is 4.68 Å². The van der Waals surface area contributed by atoms with Crippen LogP contribution in [0.4, 0.5) is 5.69 Å². The first-order valence-electron chi connectivity index (χ1n) is 6.43. The number of rotatable bonds is 3. The van der Waals surface area contributed by atoms with Gasteiger partial charge in [0.05, 0.1) is 12.1 Å². The quantitative estimate of drug-likeness (QED) is 0.845. The predicted molar refractivity (Wildman–Crippen MR) is 71.3 cm³/mol. The van der Waals surface area contributed by atoms with Crippen LogP contribution in [0.2, 0.25) is 0 Å². The zero-order valence-electron chi connectivity index (χ0n) is 10.9. The van der Waals surface area contributed by atoms with Crippen molar-refractivity contribution in [3.63, 3.8) is 0 Å². The van der Waals surface area contributed by atoms with Gasteiger partial charge in [-0.3, -0.25) is 0 Å². The molecule has 1 unspecified atom stereocenters. The molecule has 1 atom stereocenters. The number of anilines is 1. The van der Waals surface area contributed by atoms with Gasteiger partial charge in [-0.2, -0.15) is 0 Å². The molecule has 2 aromatic rings. The molecule has 19 heavy (non-hydrogen) atoms. The van der Waals surface area contributed by atoms with Crippen LogP contribution in [0.1, 0.15) is 19.8 Å². The molecule has 1 aliphatic heterocycles. The highest BCUT2D eigenvalue weighted by molar-refractivity contribution is 5.70. The van der Waals surface area contributed by atoms with E-state index in [0.717, 1.165) is 25.0 Å². The Labute approximate surface area is 111 Å². The van der Waals surface area contributed by atoms with Crippen LogP contribution in [-0.4, -0.2) is 32.4 Å². The summed E-state index contributed by atoms with van der Waals surface area (Å²) in [7, 11) is 0. The van der Waals surface area contributed by atoms with Gasteiger partial charge in [-0.15, -0.1) is 5.10 Å². The van der Waals surface area contributed by atoms with Gasteiger partial charge in [-0.1, -0.05) is 12.1 Å². The third-order valence-corrected chi connectivity index (χ3v) is 3.52. The van der Waals surface area contributed by atoms with Crippen LogP contribution in [0, 0.1) is 0 Å². The maximum absolute atomic E-state index is 5.98. The molecule has 1 aromatic carbocycles. The molecule has 6 heteroatoms. The van der Waals surface area contributed by atoms with Crippen LogP contribution < -0.4 is 5.73 Å². The Kier molecular flexibility index (Phi) is 2.94. The van der Waals surface area contributed by atoms with E-state index in [0.29, 0.717) is 18.1 Å². The van der Waals surface area contributed by atoms with Gasteiger partial charge < -0.3 is 10.5 Å². The fourth-order valence-corrected chi connectivity index (χ4v) is 2.48. The maximum atomic E-state index is 5.98. The molecule has 1 fully saturated rings. The Bertz CT molecular complexity index is 574. The minimum atomic E-state index is -0.187. The molecule has 1 aliphatic rings. The van der Waals surface area contributed by atoms with E-state index in [4.69, 9.17) is 10.5 Å². The van der Waals surface area contributed by atoms with Gasteiger partial charge in [0.1, 0.15) is 0 Å². The van der Waals surface area contributed by atoms with Crippen LogP contribution in [-0.2, 0) is 11.3 Å².